The summed E-state index contributed by atoms with van der Waals surface area (Å²) in [5, 5.41) is 8.49. The number of allylic oxidation sites excluding steroid dienone is 2. The summed E-state index contributed by atoms with van der Waals surface area (Å²) in [4.78, 5) is 10.3. The maximum atomic E-state index is 10.3. The van der Waals surface area contributed by atoms with Gasteiger partial charge in [-0.1, -0.05) is 18.2 Å². The van der Waals surface area contributed by atoms with E-state index in [1.807, 2.05) is 6.08 Å². The van der Waals surface area contributed by atoms with Crippen LogP contribution in [0.2, 0.25) is 0 Å². The molecule has 0 fully saturated rings. The molecule has 0 spiro atoms. The van der Waals surface area contributed by atoms with Gasteiger partial charge in [0, 0.05) is 0 Å². The van der Waals surface area contributed by atoms with E-state index in [0.717, 1.165) is 18.4 Å². The highest BCUT2D eigenvalue weighted by Crippen LogP contribution is 2.09. The van der Waals surface area contributed by atoms with E-state index in [2.05, 4.69) is 12.2 Å². The van der Waals surface area contributed by atoms with Gasteiger partial charge in [0.25, 0.3) is 0 Å². The van der Waals surface area contributed by atoms with Crippen LogP contribution < -0.4 is 5.73 Å². The van der Waals surface area contributed by atoms with Gasteiger partial charge in [0.2, 0.25) is 0 Å². The number of ether oxygens (including phenoxy) is 1. The van der Waals surface area contributed by atoms with Crippen molar-refractivity contribution in [1.82, 2.24) is 0 Å². The second kappa shape index (κ2) is 5.57. The maximum Gasteiger partial charge on any atom is 0.322 e. The van der Waals surface area contributed by atoms with E-state index in [-0.39, 0.29) is 6.61 Å². The summed E-state index contributed by atoms with van der Waals surface area (Å²) in [5.74, 6) is -1.03. The molecule has 0 bridgehead atoms. The van der Waals surface area contributed by atoms with Crippen molar-refractivity contribution in [2.45, 2.75) is 18.9 Å². The zero-order valence-electron chi connectivity index (χ0n) is 7.98. The molecule has 4 nitrogen and oxygen atoms in total. The average molecular weight is 197 g/mol. The molecule has 1 atom stereocenters. The minimum absolute atomic E-state index is 0.0561. The summed E-state index contributed by atoms with van der Waals surface area (Å²) < 4.78 is 5.17. The number of hydrogen-bond donors (Lipinski definition) is 2. The second-order valence-corrected chi connectivity index (χ2v) is 3.22. The van der Waals surface area contributed by atoms with E-state index in [0.29, 0.717) is 6.61 Å². The Morgan fingerprint density at radius 2 is 2.43 bits per heavy atom. The molecule has 0 aromatic carbocycles. The van der Waals surface area contributed by atoms with Crippen molar-refractivity contribution in [3.05, 3.63) is 23.8 Å². The van der Waals surface area contributed by atoms with Crippen LogP contribution in [0.1, 0.15) is 12.8 Å². The molecule has 1 aliphatic carbocycles. The topological polar surface area (TPSA) is 72.5 Å². The van der Waals surface area contributed by atoms with Gasteiger partial charge in [0.15, 0.2) is 0 Å². The molecule has 1 aliphatic rings. The molecule has 0 heterocycles. The standard InChI is InChI=1S/C10H15NO3/c11-9(10(12)13)7-14-6-8-4-2-1-3-5-8/h2,4-5,9H,1,3,6-7,11H2,(H,12,13). The quantitative estimate of drug-likeness (QED) is 0.680. The summed E-state index contributed by atoms with van der Waals surface area (Å²) in [6.07, 6.45) is 8.26. The monoisotopic (exact) mass is 197 g/mol. The molecule has 0 aromatic rings. The molecule has 0 saturated heterocycles. The van der Waals surface area contributed by atoms with Crippen molar-refractivity contribution in [3.63, 3.8) is 0 Å². The Kier molecular flexibility index (Phi) is 4.35. The van der Waals surface area contributed by atoms with Crippen LogP contribution >= 0.6 is 0 Å². The molecule has 3 N–H and O–H groups in total. The van der Waals surface area contributed by atoms with Gasteiger partial charge in [-0.25, -0.2) is 0 Å². The van der Waals surface area contributed by atoms with Crippen molar-refractivity contribution in [3.8, 4) is 0 Å². The third-order valence-corrected chi connectivity index (χ3v) is 1.96. The molecule has 1 unspecified atom stereocenters. The second-order valence-electron chi connectivity index (χ2n) is 3.22. The SMILES string of the molecule is NC(COCC1=CCCC=C1)C(=O)O. The molecule has 0 radical (unpaired) electrons. The summed E-state index contributed by atoms with van der Waals surface area (Å²) in [5.41, 5.74) is 6.36. The normalized spacial score (nSPS) is 17.6. The molecule has 0 aliphatic heterocycles. The number of aliphatic carboxylic acids is 1. The van der Waals surface area contributed by atoms with Gasteiger partial charge in [-0.2, -0.15) is 0 Å². The fourth-order valence-electron chi connectivity index (χ4n) is 1.15. The molecule has 0 amide bonds. The van der Waals surface area contributed by atoms with E-state index in [1.54, 1.807) is 0 Å². The van der Waals surface area contributed by atoms with Gasteiger partial charge in [0.1, 0.15) is 6.04 Å². The first-order chi connectivity index (χ1) is 6.70. The predicted octanol–water partition coefficient (Wildman–Crippen LogP) is 0.691. The zero-order valence-corrected chi connectivity index (χ0v) is 7.98. The Morgan fingerprint density at radius 3 is 3.00 bits per heavy atom. The molecule has 0 aromatic heterocycles. The first-order valence-electron chi connectivity index (χ1n) is 4.62. The zero-order chi connectivity index (χ0) is 10.4. The van der Waals surface area contributed by atoms with Gasteiger partial charge >= 0.3 is 5.97 Å². The van der Waals surface area contributed by atoms with Gasteiger partial charge in [-0.15, -0.1) is 0 Å². The Balaban J connectivity index is 2.18. The first-order valence-corrected chi connectivity index (χ1v) is 4.62. The summed E-state index contributed by atoms with van der Waals surface area (Å²) in [6, 6.07) is -0.928. The van der Waals surface area contributed by atoms with Crippen molar-refractivity contribution in [1.29, 1.82) is 0 Å². The number of carboxylic acid groups (broad SMARTS) is 1. The third kappa shape index (κ3) is 3.72. The summed E-state index contributed by atoms with van der Waals surface area (Å²) in [7, 11) is 0. The highest BCUT2D eigenvalue weighted by molar-refractivity contribution is 5.73. The minimum Gasteiger partial charge on any atom is -0.480 e. The van der Waals surface area contributed by atoms with Crippen molar-refractivity contribution in [2.24, 2.45) is 5.73 Å². The fraction of sp³-hybridized carbons (Fsp3) is 0.500. The Morgan fingerprint density at radius 1 is 1.64 bits per heavy atom. The number of hydrogen-bond acceptors (Lipinski definition) is 3. The summed E-state index contributed by atoms with van der Waals surface area (Å²) in [6.45, 7) is 0.498. The highest BCUT2D eigenvalue weighted by Gasteiger charge is 2.11. The molecule has 78 valence electrons. The van der Waals surface area contributed by atoms with Crippen molar-refractivity contribution >= 4 is 5.97 Å². The van der Waals surface area contributed by atoms with Crippen LogP contribution in [0.3, 0.4) is 0 Å². The van der Waals surface area contributed by atoms with Crippen LogP contribution in [0.25, 0.3) is 0 Å². The third-order valence-electron chi connectivity index (χ3n) is 1.96. The number of rotatable bonds is 5. The van der Waals surface area contributed by atoms with Crippen molar-refractivity contribution < 1.29 is 14.6 Å². The van der Waals surface area contributed by atoms with Crippen LogP contribution in [0.5, 0.6) is 0 Å². The Bertz CT molecular complexity index is 258. The van der Waals surface area contributed by atoms with Gasteiger partial charge < -0.3 is 15.6 Å². The molecule has 0 saturated carbocycles. The van der Waals surface area contributed by atoms with Gasteiger partial charge in [-0.05, 0) is 18.4 Å². The lowest BCUT2D eigenvalue weighted by Gasteiger charge is -2.10. The smallest absolute Gasteiger partial charge is 0.322 e. The Labute approximate surface area is 83.0 Å². The average Bonchev–Trinajstić information content (AvgIpc) is 2.19. The van der Waals surface area contributed by atoms with Gasteiger partial charge in [-0.3, -0.25) is 4.79 Å². The highest BCUT2D eigenvalue weighted by atomic mass is 16.5. The largest absolute Gasteiger partial charge is 0.480 e. The van der Waals surface area contributed by atoms with E-state index < -0.39 is 12.0 Å². The molecule has 4 heteroatoms. The number of carboxylic acids is 1. The lowest BCUT2D eigenvalue weighted by molar-refractivity contribution is -0.139. The number of carbonyl (C=O) groups is 1. The van der Waals surface area contributed by atoms with E-state index >= 15 is 0 Å². The van der Waals surface area contributed by atoms with E-state index in [9.17, 15) is 4.79 Å². The van der Waals surface area contributed by atoms with Crippen LogP contribution in [0.15, 0.2) is 23.8 Å². The van der Waals surface area contributed by atoms with Crippen LogP contribution in [-0.2, 0) is 9.53 Å². The summed E-state index contributed by atoms with van der Waals surface area (Å²) >= 11 is 0. The molecule has 1 rings (SSSR count). The lowest BCUT2D eigenvalue weighted by atomic mass is 10.1. The fourth-order valence-corrected chi connectivity index (χ4v) is 1.15. The van der Waals surface area contributed by atoms with Crippen LogP contribution in [-0.4, -0.2) is 30.3 Å². The molecular weight excluding hydrogens is 182 g/mol. The minimum atomic E-state index is -1.03. The molecule has 14 heavy (non-hydrogen) atoms. The van der Waals surface area contributed by atoms with Crippen LogP contribution in [0.4, 0.5) is 0 Å². The predicted molar refractivity (Wildman–Crippen MR) is 52.9 cm³/mol. The van der Waals surface area contributed by atoms with Gasteiger partial charge in [0.05, 0.1) is 13.2 Å². The maximum absolute atomic E-state index is 10.3. The van der Waals surface area contributed by atoms with Crippen LogP contribution in [0, 0.1) is 0 Å². The Hall–Kier alpha value is -1.13. The van der Waals surface area contributed by atoms with E-state index in [4.69, 9.17) is 15.6 Å². The van der Waals surface area contributed by atoms with E-state index in [1.165, 1.54) is 0 Å². The lowest BCUT2D eigenvalue weighted by Crippen LogP contribution is -2.35. The first kappa shape index (κ1) is 10.9. The number of nitrogens with two attached hydrogens (primary N) is 1. The van der Waals surface area contributed by atoms with Crippen molar-refractivity contribution in [2.75, 3.05) is 13.2 Å². The molecular formula is C10H15NO3.